The zero-order valence-corrected chi connectivity index (χ0v) is 17.3. The SMILES string of the molecule is COc1cc(/C=N\NC(=O)c2ccc(Cl)cc2Cl)cc(I)c1OC(C)=O. The third-order valence-electron chi connectivity index (χ3n) is 3.05. The molecule has 0 aliphatic heterocycles. The van der Waals surface area contributed by atoms with Crippen LogP contribution in [0.4, 0.5) is 0 Å². The number of rotatable bonds is 5. The second-order valence-corrected chi connectivity index (χ2v) is 6.96. The summed E-state index contributed by atoms with van der Waals surface area (Å²) in [5, 5.41) is 4.57. The zero-order chi connectivity index (χ0) is 19.3. The van der Waals surface area contributed by atoms with Crippen LogP contribution in [0.15, 0.2) is 35.4 Å². The smallest absolute Gasteiger partial charge is 0.308 e. The standard InChI is InChI=1S/C17H13Cl2IN2O4/c1-9(23)26-16-14(20)5-10(6-15(16)25-2)8-21-22-17(24)12-4-3-11(18)7-13(12)19/h3-8H,1-2H3,(H,22,24)/b21-8-. The summed E-state index contributed by atoms with van der Waals surface area (Å²) in [6.07, 6.45) is 1.43. The molecule has 0 unspecified atom stereocenters. The summed E-state index contributed by atoms with van der Waals surface area (Å²) in [5.41, 5.74) is 3.28. The zero-order valence-electron chi connectivity index (χ0n) is 13.7. The molecule has 2 aromatic carbocycles. The number of carbonyl (C=O) groups is 2. The van der Waals surface area contributed by atoms with Crippen molar-refractivity contribution in [1.82, 2.24) is 5.43 Å². The van der Waals surface area contributed by atoms with Crippen molar-refractivity contribution in [3.8, 4) is 11.5 Å². The van der Waals surface area contributed by atoms with E-state index in [1.54, 1.807) is 18.2 Å². The van der Waals surface area contributed by atoms with Gasteiger partial charge in [0.05, 0.1) is 27.5 Å². The molecule has 2 rings (SSSR count). The molecule has 0 heterocycles. The van der Waals surface area contributed by atoms with Crippen LogP contribution in [0.5, 0.6) is 11.5 Å². The molecule has 0 atom stereocenters. The molecule has 0 bridgehead atoms. The number of benzene rings is 2. The van der Waals surface area contributed by atoms with E-state index < -0.39 is 11.9 Å². The van der Waals surface area contributed by atoms with E-state index in [-0.39, 0.29) is 10.6 Å². The summed E-state index contributed by atoms with van der Waals surface area (Å²) >= 11 is 13.8. The Balaban J connectivity index is 2.16. The molecule has 6 nitrogen and oxygen atoms in total. The highest BCUT2D eigenvalue weighted by molar-refractivity contribution is 14.1. The summed E-state index contributed by atoms with van der Waals surface area (Å²) in [4.78, 5) is 23.3. The topological polar surface area (TPSA) is 77.0 Å². The number of hydrazone groups is 1. The van der Waals surface area contributed by atoms with Gasteiger partial charge in [0, 0.05) is 11.9 Å². The lowest BCUT2D eigenvalue weighted by Gasteiger charge is -2.11. The second-order valence-electron chi connectivity index (χ2n) is 4.95. The van der Waals surface area contributed by atoms with Crippen molar-refractivity contribution in [2.24, 2.45) is 5.10 Å². The van der Waals surface area contributed by atoms with Gasteiger partial charge in [-0.15, -0.1) is 0 Å². The highest BCUT2D eigenvalue weighted by atomic mass is 127. The first kappa shape index (κ1) is 20.5. The van der Waals surface area contributed by atoms with E-state index in [1.807, 2.05) is 22.6 Å². The number of methoxy groups -OCH3 is 1. The van der Waals surface area contributed by atoms with Crippen molar-refractivity contribution < 1.29 is 19.1 Å². The second kappa shape index (κ2) is 9.20. The number of halogens is 3. The molecule has 0 spiro atoms. The Labute approximate surface area is 173 Å². The molecule has 26 heavy (non-hydrogen) atoms. The molecule has 0 saturated carbocycles. The maximum absolute atomic E-state index is 12.1. The van der Waals surface area contributed by atoms with Gasteiger partial charge in [0.25, 0.3) is 5.91 Å². The highest BCUT2D eigenvalue weighted by Gasteiger charge is 2.13. The van der Waals surface area contributed by atoms with Crippen molar-refractivity contribution in [3.05, 3.63) is 55.1 Å². The first-order chi connectivity index (χ1) is 12.3. The highest BCUT2D eigenvalue weighted by Crippen LogP contribution is 2.33. The third kappa shape index (κ3) is 5.33. The third-order valence-corrected chi connectivity index (χ3v) is 4.40. The number of amides is 1. The number of hydrogen-bond donors (Lipinski definition) is 1. The fourth-order valence-electron chi connectivity index (χ4n) is 1.96. The van der Waals surface area contributed by atoms with Crippen LogP contribution in [0.2, 0.25) is 10.0 Å². The maximum Gasteiger partial charge on any atom is 0.308 e. The number of esters is 1. The van der Waals surface area contributed by atoms with E-state index in [0.29, 0.717) is 25.7 Å². The molecule has 0 aliphatic rings. The van der Waals surface area contributed by atoms with Crippen molar-refractivity contribution in [1.29, 1.82) is 0 Å². The Morgan fingerprint density at radius 3 is 2.58 bits per heavy atom. The lowest BCUT2D eigenvalue weighted by atomic mass is 10.2. The van der Waals surface area contributed by atoms with Gasteiger partial charge in [-0.25, -0.2) is 5.43 Å². The predicted molar refractivity (Wildman–Crippen MR) is 109 cm³/mol. The van der Waals surface area contributed by atoms with Crippen LogP contribution in [0.25, 0.3) is 0 Å². The minimum Gasteiger partial charge on any atom is -0.493 e. The average Bonchev–Trinajstić information content (AvgIpc) is 2.56. The molecular formula is C17H13Cl2IN2O4. The van der Waals surface area contributed by atoms with Crippen molar-refractivity contribution in [3.63, 3.8) is 0 Å². The summed E-state index contributed by atoms with van der Waals surface area (Å²) in [6.45, 7) is 1.31. The Bertz CT molecular complexity index is 887. The predicted octanol–water partition coefficient (Wildman–Crippen LogP) is 4.30. The van der Waals surface area contributed by atoms with E-state index >= 15 is 0 Å². The normalized spacial score (nSPS) is 10.7. The van der Waals surface area contributed by atoms with E-state index in [1.165, 1.54) is 32.4 Å². The van der Waals surface area contributed by atoms with E-state index in [4.69, 9.17) is 32.7 Å². The van der Waals surface area contributed by atoms with Crippen LogP contribution in [-0.2, 0) is 4.79 Å². The summed E-state index contributed by atoms with van der Waals surface area (Å²) in [5.74, 6) is -0.216. The minimum absolute atomic E-state index is 0.229. The van der Waals surface area contributed by atoms with Crippen LogP contribution < -0.4 is 14.9 Å². The Kier molecular flexibility index (Phi) is 7.24. The molecule has 1 N–H and O–H groups in total. The molecule has 1 amide bonds. The molecular weight excluding hydrogens is 494 g/mol. The molecule has 0 saturated heterocycles. The van der Waals surface area contributed by atoms with Gasteiger partial charge in [-0.1, -0.05) is 23.2 Å². The van der Waals surface area contributed by atoms with Crippen molar-refractivity contribution in [2.45, 2.75) is 6.92 Å². The fourth-order valence-corrected chi connectivity index (χ4v) is 3.19. The first-order valence-electron chi connectivity index (χ1n) is 7.16. The van der Waals surface area contributed by atoms with Gasteiger partial charge in [-0.05, 0) is 58.5 Å². The average molecular weight is 507 g/mol. The number of carbonyl (C=O) groups excluding carboxylic acids is 2. The van der Waals surface area contributed by atoms with Crippen molar-refractivity contribution >= 4 is 63.9 Å². The Morgan fingerprint density at radius 1 is 1.23 bits per heavy atom. The van der Waals surface area contributed by atoms with Gasteiger partial charge in [0.1, 0.15) is 0 Å². The Morgan fingerprint density at radius 2 is 1.96 bits per heavy atom. The largest absolute Gasteiger partial charge is 0.493 e. The molecule has 0 fully saturated rings. The lowest BCUT2D eigenvalue weighted by Crippen LogP contribution is -2.18. The van der Waals surface area contributed by atoms with Gasteiger partial charge in [0.2, 0.25) is 0 Å². The quantitative estimate of drug-likeness (QED) is 0.216. The minimum atomic E-state index is -0.471. The summed E-state index contributed by atoms with van der Waals surface area (Å²) in [7, 11) is 1.46. The van der Waals surface area contributed by atoms with Crippen LogP contribution >= 0.6 is 45.8 Å². The lowest BCUT2D eigenvalue weighted by molar-refractivity contribution is -0.132. The van der Waals surface area contributed by atoms with Gasteiger partial charge in [-0.3, -0.25) is 9.59 Å². The number of hydrogen-bond acceptors (Lipinski definition) is 5. The molecule has 0 aliphatic carbocycles. The number of nitrogens with one attached hydrogen (secondary N) is 1. The van der Waals surface area contributed by atoms with Gasteiger partial charge in [0.15, 0.2) is 11.5 Å². The first-order valence-corrected chi connectivity index (χ1v) is 8.99. The van der Waals surface area contributed by atoms with Crippen LogP contribution in [0.1, 0.15) is 22.8 Å². The van der Waals surface area contributed by atoms with Crippen molar-refractivity contribution in [2.75, 3.05) is 7.11 Å². The van der Waals surface area contributed by atoms with Crippen LogP contribution in [0, 0.1) is 3.57 Å². The van der Waals surface area contributed by atoms with Gasteiger partial charge >= 0.3 is 5.97 Å². The van der Waals surface area contributed by atoms with Crippen LogP contribution in [0.3, 0.4) is 0 Å². The van der Waals surface area contributed by atoms with E-state index in [9.17, 15) is 9.59 Å². The van der Waals surface area contributed by atoms with E-state index in [0.717, 1.165) is 0 Å². The molecule has 9 heteroatoms. The van der Waals surface area contributed by atoms with Crippen LogP contribution in [-0.4, -0.2) is 25.2 Å². The van der Waals surface area contributed by atoms with E-state index in [2.05, 4.69) is 10.5 Å². The number of nitrogens with zero attached hydrogens (tertiary/aromatic N) is 1. The molecule has 0 radical (unpaired) electrons. The maximum atomic E-state index is 12.1. The summed E-state index contributed by atoms with van der Waals surface area (Å²) < 4.78 is 11.0. The van der Waals surface area contributed by atoms with Gasteiger partial charge < -0.3 is 9.47 Å². The molecule has 0 aromatic heterocycles. The molecule has 136 valence electrons. The number of ether oxygens (including phenoxy) is 2. The summed E-state index contributed by atoms with van der Waals surface area (Å²) in [6, 6.07) is 7.91. The molecule has 2 aromatic rings. The monoisotopic (exact) mass is 506 g/mol. The van der Waals surface area contributed by atoms with Gasteiger partial charge in [-0.2, -0.15) is 5.10 Å². The Hall–Kier alpha value is -1.84. The fraction of sp³-hybridized carbons (Fsp3) is 0.118.